The van der Waals surface area contributed by atoms with Crippen molar-refractivity contribution >= 4 is 27.8 Å². The number of imidazole rings is 2. The van der Waals surface area contributed by atoms with Gasteiger partial charge in [0.15, 0.2) is 5.82 Å². The van der Waals surface area contributed by atoms with Crippen LogP contribution in [0.5, 0.6) is 6.01 Å². The normalized spacial score (nSPS) is 11.7. The van der Waals surface area contributed by atoms with Crippen molar-refractivity contribution < 1.29 is 5.11 Å². The standard InChI is InChI=1S/C20H25N7O/c1-25(2)10-11-26(3)19-17-18(15-6-4-5-7-16(15)23-19)27(20(28)24-17)9-8-14-12-21-13-22-14/h4-7,12-13H,8-11H2,1-3H3,(H,21,22)(H,24,28). The molecule has 0 saturated carbocycles. The van der Waals surface area contributed by atoms with Gasteiger partial charge in [0.25, 0.3) is 6.01 Å². The van der Waals surface area contributed by atoms with Crippen LogP contribution in [0.3, 0.4) is 0 Å². The molecule has 0 aliphatic rings. The third-order valence-corrected chi connectivity index (χ3v) is 4.94. The maximum atomic E-state index is 10.6. The highest BCUT2D eigenvalue weighted by atomic mass is 16.3. The molecule has 0 fully saturated rings. The lowest BCUT2D eigenvalue weighted by atomic mass is 10.1. The Labute approximate surface area is 163 Å². The molecule has 0 unspecified atom stereocenters. The fourth-order valence-corrected chi connectivity index (χ4v) is 3.40. The summed E-state index contributed by atoms with van der Waals surface area (Å²) in [5, 5.41) is 11.6. The van der Waals surface area contributed by atoms with Crippen molar-refractivity contribution in [1.29, 1.82) is 0 Å². The highest BCUT2D eigenvalue weighted by Crippen LogP contribution is 2.33. The number of H-pyrrole nitrogens is 1. The van der Waals surface area contributed by atoms with Gasteiger partial charge < -0.3 is 19.9 Å². The molecule has 2 N–H and O–H groups in total. The smallest absolute Gasteiger partial charge is 0.294 e. The predicted molar refractivity (Wildman–Crippen MR) is 111 cm³/mol. The molecule has 8 heteroatoms. The number of hydrogen-bond donors (Lipinski definition) is 2. The molecule has 146 valence electrons. The second-order valence-corrected chi connectivity index (χ2v) is 7.25. The molecule has 0 aliphatic carbocycles. The summed E-state index contributed by atoms with van der Waals surface area (Å²) in [6.07, 6.45) is 4.24. The first-order valence-corrected chi connectivity index (χ1v) is 9.36. The first kappa shape index (κ1) is 18.2. The van der Waals surface area contributed by atoms with E-state index in [1.165, 1.54) is 0 Å². The number of aryl methyl sites for hydroxylation is 2. The quantitative estimate of drug-likeness (QED) is 0.512. The lowest BCUT2D eigenvalue weighted by Crippen LogP contribution is -2.29. The Bertz CT molecular complexity index is 1090. The summed E-state index contributed by atoms with van der Waals surface area (Å²) in [5.41, 5.74) is 3.47. The third kappa shape index (κ3) is 3.38. The maximum absolute atomic E-state index is 10.6. The Morgan fingerprint density at radius 2 is 1.93 bits per heavy atom. The van der Waals surface area contributed by atoms with Gasteiger partial charge in [-0.25, -0.2) is 9.97 Å². The molecule has 0 spiro atoms. The van der Waals surface area contributed by atoms with Crippen LogP contribution in [0, 0.1) is 0 Å². The van der Waals surface area contributed by atoms with Crippen LogP contribution in [-0.2, 0) is 13.0 Å². The first-order valence-electron chi connectivity index (χ1n) is 9.36. The summed E-state index contributed by atoms with van der Waals surface area (Å²) >= 11 is 0. The summed E-state index contributed by atoms with van der Waals surface area (Å²) in [4.78, 5) is 20.8. The van der Waals surface area contributed by atoms with Crippen molar-refractivity contribution in [2.24, 2.45) is 0 Å². The molecule has 28 heavy (non-hydrogen) atoms. The number of pyridine rings is 1. The van der Waals surface area contributed by atoms with E-state index in [0.29, 0.717) is 13.0 Å². The van der Waals surface area contributed by atoms with Crippen LogP contribution in [0.4, 0.5) is 5.82 Å². The van der Waals surface area contributed by atoms with Gasteiger partial charge in [0, 0.05) is 44.7 Å². The number of benzene rings is 1. The fourth-order valence-electron chi connectivity index (χ4n) is 3.40. The van der Waals surface area contributed by atoms with E-state index in [1.54, 1.807) is 6.33 Å². The van der Waals surface area contributed by atoms with E-state index in [2.05, 4.69) is 24.8 Å². The molecule has 0 atom stereocenters. The van der Waals surface area contributed by atoms with Gasteiger partial charge in [-0.2, -0.15) is 4.98 Å². The maximum Gasteiger partial charge on any atom is 0.294 e. The summed E-state index contributed by atoms with van der Waals surface area (Å²) in [7, 11) is 6.11. The van der Waals surface area contributed by atoms with E-state index in [4.69, 9.17) is 4.98 Å². The van der Waals surface area contributed by atoms with Crippen LogP contribution in [0.15, 0.2) is 36.8 Å². The van der Waals surface area contributed by atoms with Crippen molar-refractivity contribution in [3.05, 3.63) is 42.5 Å². The van der Waals surface area contributed by atoms with E-state index in [1.807, 2.05) is 56.2 Å². The van der Waals surface area contributed by atoms with Crippen LogP contribution in [0.2, 0.25) is 0 Å². The Hall–Kier alpha value is -3.13. The van der Waals surface area contributed by atoms with Gasteiger partial charge in [-0.05, 0) is 20.2 Å². The number of aromatic nitrogens is 5. The molecule has 3 heterocycles. The average molecular weight is 379 g/mol. The molecule has 3 aromatic heterocycles. The molecule has 4 rings (SSSR count). The van der Waals surface area contributed by atoms with Crippen molar-refractivity contribution in [2.75, 3.05) is 39.1 Å². The molecule has 0 aliphatic heterocycles. The zero-order valence-corrected chi connectivity index (χ0v) is 16.4. The number of nitrogens with zero attached hydrogens (tertiary/aromatic N) is 6. The second-order valence-electron chi connectivity index (χ2n) is 7.25. The Balaban J connectivity index is 1.83. The van der Waals surface area contributed by atoms with E-state index in [-0.39, 0.29) is 6.01 Å². The molecule has 1 aromatic carbocycles. The first-order chi connectivity index (χ1) is 13.5. The minimum Gasteiger partial charge on any atom is -0.480 e. The summed E-state index contributed by atoms with van der Waals surface area (Å²) < 4.78 is 1.86. The molecule has 0 radical (unpaired) electrons. The van der Waals surface area contributed by atoms with E-state index in [9.17, 15) is 5.11 Å². The summed E-state index contributed by atoms with van der Waals surface area (Å²) in [5.74, 6) is 0.782. The molecular formula is C20H25N7O. The molecule has 0 amide bonds. The summed E-state index contributed by atoms with van der Waals surface area (Å²) in [6.45, 7) is 2.30. The number of rotatable bonds is 7. The highest BCUT2D eigenvalue weighted by Gasteiger charge is 2.20. The van der Waals surface area contributed by atoms with Crippen LogP contribution in [0.1, 0.15) is 5.69 Å². The molecule has 4 aromatic rings. The number of aromatic amines is 1. The monoisotopic (exact) mass is 379 g/mol. The van der Waals surface area contributed by atoms with Gasteiger partial charge >= 0.3 is 0 Å². The topological polar surface area (TPSA) is 86.1 Å². The molecule has 0 bridgehead atoms. The zero-order chi connectivity index (χ0) is 19.7. The van der Waals surface area contributed by atoms with E-state index < -0.39 is 0 Å². The highest BCUT2D eigenvalue weighted by molar-refractivity contribution is 6.07. The number of anilines is 1. The van der Waals surface area contributed by atoms with Gasteiger partial charge in [-0.1, -0.05) is 18.2 Å². The fraction of sp³-hybridized carbons (Fsp3) is 0.350. The van der Waals surface area contributed by atoms with Gasteiger partial charge in [-0.15, -0.1) is 0 Å². The van der Waals surface area contributed by atoms with Crippen molar-refractivity contribution in [3.63, 3.8) is 0 Å². The Kier molecular flexibility index (Phi) is 4.87. The number of nitrogens with one attached hydrogen (secondary N) is 1. The lowest BCUT2D eigenvalue weighted by Gasteiger charge is -2.21. The summed E-state index contributed by atoms with van der Waals surface area (Å²) in [6, 6.07) is 8.00. The minimum atomic E-state index is 0.00551. The van der Waals surface area contributed by atoms with Crippen molar-refractivity contribution in [1.82, 2.24) is 29.4 Å². The predicted octanol–water partition coefficient (Wildman–Crippen LogP) is 2.25. The van der Waals surface area contributed by atoms with Crippen LogP contribution in [0.25, 0.3) is 21.9 Å². The van der Waals surface area contributed by atoms with Gasteiger partial charge in [0.1, 0.15) is 5.52 Å². The Morgan fingerprint density at radius 1 is 1.11 bits per heavy atom. The Morgan fingerprint density at radius 3 is 2.68 bits per heavy atom. The van der Waals surface area contributed by atoms with Crippen LogP contribution < -0.4 is 4.90 Å². The number of likely N-dealkylation sites (N-methyl/N-ethyl adjacent to an activating group) is 2. The zero-order valence-electron chi connectivity index (χ0n) is 16.4. The third-order valence-electron chi connectivity index (χ3n) is 4.94. The minimum absolute atomic E-state index is 0.00551. The van der Waals surface area contributed by atoms with Crippen molar-refractivity contribution in [3.8, 4) is 6.01 Å². The SMILES string of the molecule is CN(C)CCN(C)c1nc2ccccc2c2c1nc(O)n2CCc1c[nH]cn1. The number of hydrogen-bond acceptors (Lipinski definition) is 6. The number of aromatic hydroxyl groups is 1. The van der Waals surface area contributed by atoms with E-state index >= 15 is 0 Å². The van der Waals surface area contributed by atoms with E-state index in [0.717, 1.165) is 46.5 Å². The van der Waals surface area contributed by atoms with Gasteiger partial charge in [0.2, 0.25) is 0 Å². The number of para-hydroxylation sites is 1. The molecule has 0 saturated heterocycles. The van der Waals surface area contributed by atoms with Gasteiger partial charge in [-0.3, -0.25) is 4.57 Å². The van der Waals surface area contributed by atoms with Crippen LogP contribution >= 0.6 is 0 Å². The lowest BCUT2D eigenvalue weighted by molar-refractivity contribution is 0.402. The van der Waals surface area contributed by atoms with Crippen molar-refractivity contribution in [2.45, 2.75) is 13.0 Å². The molecule has 8 nitrogen and oxygen atoms in total. The number of fused-ring (bicyclic) bond motifs is 3. The van der Waals surface area contributed by atoms with Crippen LogP contribution in [-0.4, -0.2) is 68.7 Å². The second kappa shape index (κ2) is 7.47. The van der Waals surface area contributed by atoms with Gasteiger partial charge in [0.05, 0.1) is 23.1 Å². The molecular weight excluding hydrogens is 354 g/mol. The average Bonchev–Trinajstić information content (AvgIpc) is 3.31. The largest absolute Gasteiger partial charge is 0.480 e.